The summed E-state index contributed by atoms with van der Waals surface area (Å²) in [6.07, 6.45) is 2.26. The van der Waals surface area contributed by atoms with Gasteiger partial charge in [-0.15, -0.1) is 11.3 Å². The fraction of sp³-hybridized carbons (Fsp3) is 0.440. The lowest BCUT2D eigenvalue weighted by molar-refractivity contribution is 0.0913. The molecular weight excluding hydrogens is 376 g/mol. The summed E-state index contributed by atoms with van der Waals surface area (Å²) in [4.78, 5) is 5.19. The number of thiophene rings is 1. The Kier molecular flexibility index (Phi) is 7.33. The Bertz CT molecular complexity index is 879. The van der Waals surface area contributed by atoms with E-state index >= 15 is 0 Å². The van der Waals surface area contributed by atoms with Gasteiger partial charge in [0.15, 0.2) is 0 Å². The molecule has 3 nitrogen and oxygen atoms in total. The monoisotopic (exact) mass is 408 g/mol. The van der Waals surface area contributed by atoms with Gasteiger partial charge in [-0.1, -0.05) is 49.4 Å². The van der Waals surface area contributed by atoms with Gasteiger partial charge in [-0.2, -0.15) is 0 Å². The molecule has 2 aromatic carbocycles. The van der Waals surface area contributed by atoms with E-state index in [4.69, 9.17) is 4.74 Å². The maximum Gasteiger partial charge on any atom is 0.0593 e. The van der Waals surface area contributed by atoms with Crippen molar-refractivity contribution in [3.63, 3.8) is 0 Å². The molecule has 1 aliphatic heterocycles. The van der Waals surface area contributed by atoms with E-state index in [0.717, 1.165) is 39.3 Å². The normalized spacial score (nSPS) is 17.5. The molecule has 0 aliphatic carbocycles. The van der Waals surface area contributed by atoms with E-state index in [0.29, 0.717) is 6.04 Å². The average molecular weight is 409 g/mol. The van der Waals surface area contributed by atoms with Crippen molar-refractivity contribution in [2.45, 2.75) is 32.4 Å². The first-order valence-corrected chi connectivity index (χ1v) is 11.7. The summed E-state index contributed by atoms with van der Waals surface area (Å²) >= 11 is 1.81. The van der Waals surface area contributed by atoms with Crippen LogP contribution in [0.4, 0.5) is 0 Å². The summed E-state index contributed by atoms with van der Waals surface area (Å²) in [5, 5.41) is 3.51. The van der Waals surface area contributed by atoms with Gasteiger partial charge in [0, 0.05) is 36.9 Å². The SMILES string of the molecule is CCN(CCOCCc1ccc2sccc2c1)C1CCN(Cc2ccccc2)C1. The summed E-state index contributed by atoms with van der Waals surface area (Å²) in [6, 6.07) is 20.5. The highest BCUT2D eigenvalue weighted by Gasteiger charge is 2.26. The molecule has 4 rings (SSSR count). The van der Waals surface area contributed by atoms with Gasteiger partial charge in [0.25, 0.3) is 0 Å². The van der Waals surface area contributed by atoms with Crippen LogP contribution < -0.4 is 0 Å². The third-order valence-electron chi connectivity index (χ3n) is 5.99. The standard InChI is InChI=1S/C25H32N2OS/c1-2-27(24-10-13-26(20-24)19-22-6-4-3-5-7-22)14-16-28-15-11-21-8-9-25-23(18-21)12-17-29-25/h3-9,12,17-18,24H,2,10-11,13-16,19-20H2,1H3. The number of likely N-dealkylation sites (tertiary alicyclic amines) is 1. The first kappa shape index (κ1) is 20.5. The van der Waals surface area contributed by atoms with E-state index in [1.165, 1.54) is 40.7 Å². The van der Waals surface area contributed by atoms with Crippen LogP contribution >= 0.6 is 11.3 Å². The predicted molar refractivity (Wildman–Crippen MR) is 124 cm³/mol. The van der Waals surface area contributed by atoms with Crippen LogP contribution in [-0.4, -0.2) is 55.2 Å². The van der Waals surface area contributed by atoms with Gasteiger partial charge in [0.2, 0.25) is 0 Å². The highest BCUT2D eigenvalue weighted by Crippen LogP contribution is 2.22. The molecule has 3 aromatic rings. The van der Waals surface area contributed by atoms with Gasteiger partial charge >= 0.3 is 0 Å². The van der Waals surface area contributed by atoms with Crippen molar-refractivity contribution in [2.24, 2.45) is 0 Å². The number of hydrogen-bond donors (Lipinski definition) is 0. The lowest BCUT2D eigenvalue weighted by Gasteiger charge is -2.27. The lowest BCUT2D eigenvalue weighted by atomic mass is 10.1. The van der Waals surface area contributed by atoms with Crippen LogP contribution in [-0.2, 0) is 17.7 Å². The van der Waals surface area contributed by atoms with Gasteiger partial charge in [0.1, 0.15) is 0 Å². The van der Waals surface area contributed by atoms with Crippen molar-refractivity contribution in [3.8, 4) is 0 Å². The van der Waals surface area contributed by atoms with E-state index in [-0.39, 0.29) is 0 Å². The summed E-state index contributed by atoms with van der Waals surface area (Å²) in [6.45, 7) is 9.47. The van der Waals surface area contributed by atoms with E-state index in [1.807, 2.05) is 0 Å². The first-order valence-electron chi connectivity index (χ1n) is 10.9. The molecule has 1 saturated heterocycles. The van der Waals surface area contributed by atoms with E-state index in [2.05, 4.69) is 76.7 Å². The number of benzene rings is 2. The fourth-order valence-electron chi connectivity index (χ4n) is 4.34. The minimum Gasteiger partial charge on any atom is -0.380 e. The summed E-state index contributed by atoms with van der Waals surface area (Å²) < 4.78 is 7.36. The Morgan fingerprint density at radius 2 is 1.97 bits per heavy atom. The molecule has 154 valence electrons. The Morgan fingerprint density at radius 1 is 1.07 bits per heavy atom. The van der Waals surface area contributed by atoms with E-state index < -0.39 is 0 Å². The van der Waals surface area contributed by atoms with Crippen LogP contribution in [0.1, 0.15) is 24.5 Å². The molecule has 0 bridgehead atoms. The average Bonchev–Trinajstić information content (AvgIpc) is 3.40. The second kappa shape index (κ2) is 10.4. The molecule has 0 N–H and O–H groups in total. The van der Waals surface area contributed by atoms with E-state index in [9.17, 15) is 0 Å². The molecule has 0 saturated carbocycles. The smallest absolute Gasteiger partial charge is 0.0593 e. The van der Waals surface area contributed by atoms with Crippen LogP contribution in [0.3, 0.4) is 0 Å². The number of ether oxygens (including phenoxy) is 1. The van der Waals surface area contributed by atoms with Crippen LogP contribution in [0.15, 0.2) is 60.0 Å². The molecule has 29 heavy (non-hydrogen) atoms. The maximum atomic E-state index is 5.99. The van der Waals surface area contributed by atoms with Crippen molar-refractivity contribution < 1.29 is 4.74 Å². The minimum absolute atomic E-state index is 0.660. The molecule has 0 spiro atoms. The highest BCUT2D eigenvalue weighted by atomic mass is 32.1. The molecule has 4 heteroatoms. The maximum absolute atomic E-state index is 5.99. The molecule has 0 amide bonds. The lowest BCUT2D eigenvalue weighted by Crippen LogP contribution is -2.39. The molecule has 1 aliphatic rings. The first-order chi connectivity index (χ1) is 14.3. The minimum atomic E-state index is 0.660. The van der Waals surface area contributed by atoms with E-state index in [1.54, 1.807) is 11.3 Å². The summed E-state index contributed by atoms with van der Waals surface area (Å²) in [5.41, 5.74) is 2.79. The number of rotatable bonds is 10. The van der Waals surface area contributed by atoms with Crippen LogP contribution in [0.2, 0.25) is 0 Å². The third kappa shape index (κ3) is 5.67. The molecule has 2 heterocycles. The Hall–Kier alpha value is -1.72. The van der Waals surface area contributed by atoms with Gasteiger partial charge < -0.3 is 4.74 Å². The Morgan fingerprint density at radius 3 is 2.83 bits per heavy atom. The predicted octanol–water partition coefficient (Wildman–Crippen LogP) is 5.06. The van der Waals surface area contributed by atoms with Crippen molar-refractivity contribution >= 4 is 21.4 Å². The summed E-state index contributed by atoms with van der Waals surface area (Å²) in [7, 11) is 0. The molecule has 1 unspecified atom stereocenters. The number of fused-ring (bicyclic) bond motifs is 1. The number of nitrogens with zero attached hydrogens (tertiary/aromatic N) is 2. The zero-order chi connectivity index (χ0) is 19.9. The van der Waals surface area contributed by atoms with Crippen LogP contribution in [0.25, 0.3) is 10.1 Å². The zero-order valence-corrected chi connectivity index (χ0v) is 18.2. The largest absolute Gasteiger partial charge is 0.380 e. The van der Waals surface area contributed by atoms with Crippen molar-refractivity contribution in [1.82, 2.24) is 9.80 Å². The molecule has 1 fully saturated rings. The zero-order valence-electron chi connectivity index (χ0n) is 17.4. The third-order valence-corrected chi connectivity index (χ3v) is 6.89. The van der Waals surface area contributed by atoms with Gasteiger partial charge in [-0.3, -0.25) is 9.80 Å². The van der Waals surface area contributed by atoms with Crippen molar-refractivity contribution in [2.75, 3.05) is 39.4 Å². The van der Waals surface area contributed by atoms with Gasteiger partial charge in [-0.25, -0.2) is 0 Å². The van der Waals surface area contributed by atoms with Crippen molar-refractivity contribution in [1.29, 1.82) is 0 Å². The highest BCUT2D eigenvalue weighted by molar-refractivity contribution is 7.17. The van der Waals surface area contributed by atoms with Crippen LogP contribution in [0, 0.1) is 0 Å². The fourth-order valence-corrected chi connectivity index (χ4v) is 5.11. The molecule has 0 radical (unpaired) electrons. The Balaban J connectivity index is 1.16. The Labute approximate surface area is 178 Å². The second-order valence-corrected chi connectivity index (χ2v) is 8.89. The molecule has 1 aromatic heterocycles. The number of likely N-dealkylation sites (N-methyl/N-ethyl adjacent to an activating group) is 1. The van der Waals surface area contributed by atoms with Gasteiger partial charge in [-0.05, 0) is 53.4 Å². The van der Waals surface area contributed by atoms with Gasteiger partial charge in [0.05, 0.1) is 13.2 Å². The second-order valence-electron chi connectivity index (χ2n) is 7.95. The molecule has 1 atom stereocenters. The topological polar surface area (TPSA) is 15.7 Å². The summed E-state index contributed by atoms with van der Waals surface area (Å²) in [5.74, 6) is 0. The van der Waals surface area contributed by atoms with Crippen LogP contribution in [0.5, 0.6) is 0 Å². The van der Waals surface area contributed by atoms with Crippen molar-refractivity contribution in [3.05, 3.63) is 71.1 Å². The molecular formula is C25H32N2OS. The quantitative estimate of drug-likeness (QED) is 0.436. The number of hydrogen-bond acceptors (Lipinski definition) is 4.